The molecule has 28 heavy (non-hydrogen) atoms. The van der Waals surface area contributed by atoms with E-state index in [2.05, 4.69) is 27.1 Å². The van der Waals surface area contributed by atoms with E-state index in [0.29, 0.717) is 18.5 Å². The van der Waals surface area contributed by atoms with Gasteiger partial charge in [0.1, 0.15) is 17.3 Å². The SMILES string of the molecule is COc1cc(CCC(=O)Nc2ccc(N3CCN(C)CC3)nc2)cc(OC)c1. The molecule has 0 unspecified atom stereocenters. The van der Waals surface area contributed by atoms with Crippen molar-refractivity contribution in [2.75, 3.05) is 57.7 Å². The van der Waals surface area contributed by atoms with Crippen LogP contribution in [0.15, 0.2) is 36.5 Å². The second-order valence-corrected chi connectivity index (χ2v) is 6.96. The highest BCUT2D eigenvalue weighted by atomic mass is 16.5. The lowest BCUT2D eigenvalue weighted by atomic mass is 10.1. The summed E-state index contributed by atoms with van der Waals surface area (Å²) in [4.78, 5) is 21.4. The molecule has 1 aliphatic rings. The fourth-order valence-corrected chi connectivity index (χ4v) is 3.17. The summed E-state index contributed by atoms with van der Waals surface area (Å²) in [6.07, 6.45) is 2.70. The van der Waals surface area contributed by atoms with Gasteiger partial charge < -0.3 is 24.6 Å². The molecule has 7 heteroatoms. The van der Waals surface area contributed by atoms with Crippen molar-refractivity contribution >= 4 is 17.4 Å². The number of nitrogens with zero attached hydrogens (tertiary/aromatic N) is 3. The number of likely N-dealkylation sites (N-methyl/N-ethyl adjacent to an activating group) is 1. The van der Waals surface area contributed by atoms with Crippen LogP contribution in [0.5, 0.6) is 11.5 Å². The summed E-state index contributed by atoms with van der Waals surface area (Å²) < 4.78 is 10.5. The highest BCUT2D eigenvalue weighted by molar-refractivity contribution is 5.90. The van der Waals surface area contributed by atoms with E-state index in [0.717, 1.165) is 49.1 Å². The predicted molar refractivity (Wildman–Crippen MR) is 110 cm³/mol. The number of amides is 1. The van der Waals surface area contributed by atoms with Crippen molar-refractivity contribution in [1.82, 2.24) is 9.88 Å². The number of methoxy groups -OCH3 is 2. The Morgan fingerprint density at radius 3 is 2.32 bits per heavy atom. The maximum atomic E-state index is 12.3. The summed E-state index contributed by atoms with van der Waals surface area (Å²) in [5.74, 6) is 2.35. The molecule has 0 atom stereocenters. The van der Waals surface area contributed by atoms with E-state index in [1.54, 1.807) is 20.4 Å². The maximum Gasteiger partial charge on any atom is 0.224 e. The monoisotopic (exact) mass is 384 g/mol. The van der Waals surface area contributed by atoms with Crippen molar-refractivity contribution in [3.05, 3.63) is 42.1 Å². The topological polar surface area (TPSA) is 66.9 Å². The molecule has 3 rings (SSSR count). The fraction of sp³-hybridized carbons (Fsp3) is 0.429. The van der Waals surface area contributed by atoms with E-state index >= 15 is 0 Å². The molecule has 0 bridgehead atoms. The van der Waals surface area contributed by atoms with Crippen LogP contribution in [0, 0.1) is 0 Å². The molecule has 1 aliphatic heterocycles. The third kappa shape index (κ3) is 5.36. The van der Waals surface area contributed by atoms with Crippen LogP contribution in [0.3, 0.4) is 0 Å². The van der Waals surface area contributed by atoms with E-state index in [-0.39, 0.29) is 5.91 Å². The van der Waals surface area contributed by atoms with Crippen molar-refractivity contribution in [3.8, 4) is 11.5 Å². The lowest BCUT2D eigenvalue weighted by molar-refractivity contribution is -0.116. The Morgan fingerprint density at radius 1 is 1.07 bits per heavy atom. The number of carbonyl (C=O) groups is 1. The fourth-order valence-electron chi connectivity index (χ4n) is 3.17. The number of piperazine rings is 1. The van der Waals surface area contributed by atoms with Gasteiger partial charge in [0.05, 0.1) is 26.1 Å². The normalized spacial score (nSPS) is 14.6. The van der Waals surface area contributed by atoms with Gasteiger partial charge in [0.2, 0.25) is 5.91 Å². The van der Waals surface area contributed by atoms with E-state index in [4.69, 9.17) is 9.47 Å². The summed E-state index contributed by atoms with van der Waals surface area (Å²) in [7, 11) is 5.36. The van der Waals surface area contributed by atoms with Crippen LogP contribution < -0.4 is 19.7 Å². The first-order valence-corrected chi connectivity index (χ1v) is 9.48. The molecular weight excluding hydrogens is 356 g/mol. The van der Waals surface area contributed by atoms with Gasteiger partial charge in [-0.1, -0.05) is 0 Å². The van der Waals surface area contributed by atoms with Crippen LogP contribution in [-0.2, 0) is 11.2 Å². The molecule has 1 fully saturated rings. The number of aryl methyl sites for hydroxylation is 1. The van der Waals surface area contributed by atoms with Crippen LogP contribution in [-0.4, -0.2) is 63.2 Å². The van der Waals surface area contributed by atoms with E-state index in [1.165, 1.54) is 0 Å². The van der Waals surface area contributed by atoms with Crippen LogP contribution in [0.25, 0.3) is 0 Å². The Balaban J connectivity index is 1.52. The van der Waals surface area contributed by atoms with Gasteiger partial charge in [0.25, 0.3) is 0 Å². The van der Waals surface area contributed by atoms with Crippen LogP contribution >= 0.6 is 0 Å². The lowest BCUT2D eigenvalue weighted by Crippen LogP contribution is -2.44. The molecule has 2 aromatic rings. The summed E-state index contributed by atoms with van der Waals surface area (Å²) in [6, 6.07) is 9.53. The highest BCUT2D eigenvalue weighted by Crippen LogP contribution is 2.23. The second kappa shape index (κ2) is 9.41. The van der Waals surface area contributed by atoms with Gasteiger partial charge in [-0.05, 0) is 43.3 Å². The number of hydrogen-bond donors (Lipinski definition) is 1. The Morgan fingerprint density at radius 2 is 1.75 bits per heavy atom. The average Bonchev–Trinajstić information content (AvgIpc) is 2.73. The summed E-state index contributed by atoms with van der Waals surface area (Å²) in [6.45, 7) is 4.02. The minimum absolute atomic E-state index is 0.0454. The molecule has 1 amide bonds. The minimum atomic E-state index is -0.0454. The first-order chi connectivity index (χ1) is 13.6. The highest BCUT2D eigenvalue weighted by Gasteiger charge is 2.15. The molecule has 1 aromatic carbocycles. The number of aromatic nitrogens is 1. The van der Waals surface area contributed by atoms with Crippen molar-refractivity contribution in [2.45, 2.75) is 12.8 Å². The molecule has 0 saturated carbocycles. The zero-order valence-electron chi connectivity index (χ0n) is 16.8. The smallest absolute Gasteiger partial charge is 0.224 e. The van der Waals surface area contributed by atoms with Crippen molar-refractivity contribution < 1.29 is 14.3 Å². The van der Waals surface area contributed by atoms with Crippen molar-refractivity contribution in [3.63, 3.8) is 0 Å². The molecule has 1 saturated heterocycles. The number of nitrogens with one attached hydrogen (secondary N) is 1. The number of anilines is 2. The Kier molecular flexibility index (Phi) is 6.71. The molecule has 150 valence electrons. The van der Waals surface area contributed by atoms with Gasteiger partial charge in [0, 0.05) is 38.7 Å². The van der Waals surface area contributed by atoms with Crippen LogP contribution in [0.4, 0.5) is 11.5 Å². The van der Waals surface area contributed by atoms with Gasteiger partial charge in [-0.3, -0.25) is 4.79 Å². The van der Waals surface area contributed by atoms with Gasteiger partial charge in [-0.25, -0.2) is 4.98 Å². The van der Waals surface area contributed by atoms with Gasteiger partial charge in [-0.2, -0.15) is 0 Å². The Labute approximate surface area is 166 Å². The Hall–Kier alpha value is -2.80. The number of rotatable bonds is 7. The number of ether oxygens (including phenoxy) is 2. The zero-order chi connectivity index (χ0) is 19.9. The number of pyridine rings is 1. The summed E-state index contributed by atoms with van der Waals surface area (Å²) in [5.41, 5.74) is 1.71. The number of carbonyl (C=O) groups excluding carboxylic acids is 1. The molecule has 2 heterocycles. The quantitative estimate of drug-likeness (QED) is 0.791. The second-order valence-electron chi connectivity index (χ2n) is 6.96. The molecule has 1 aromatic heterocycles. The zero-order valence-corrected chi connectivity index (χ0v) is 16.8. The van der Waals surface area contributed by atoms with E-state index in [9.17, 15) is 4.79 Å². The lowest BCUT2D eigenvalue weighted by Gasteiger charge is -2.33. The molecule has 7 nitrogen and oxygen atoms in total. The Bertz CT molecular complexity index is 764. The van der Waals surface area contributed by atoms with Crippen LogP contribution in [0.2, 0.25) is 0 Å². The predicted octanol–water partition coefficient (Wildman–Crippen LogP) is 2.42. The largest absolute Gasteiger partial charge is 0.497 e. The van der Waals surface area contributed by atoms with Crippen LogP contribution in [0.1, 0.15) is 12.0 Å². The molecular formula is C21H28N4O3. The van der Waals surface area contributed by atoms with Gasteiger partial charge in [0.15, 0.2) is 0 Å². The molecule has 0 radical (unpaired) electrons. The minimum Gasteiger partial charge on any atom is -0.497 e. The standard InChI is InChI=1S/C21H28N4O3/c1-24-8-10-25(11-9-24)20-6-5-17(15-22-20)23-21(26)7-4-16-12-18(27-2)14-19(13-16)28-3/h5-6,12-15H,4,7-11H2,1-3H3,(H,23,26). The van der Waals surface area contributed by atoms with Gasteiger partial charge >= 0.3 is 0 Å². The van der Waals surface area contributed by atoms with E-state index in [1.807, 2.05) is 30.3 Å². The molecule has 0 spiro atoms. The average molecular weight is 384 g/mol. The first kappa shape index (κ1) is 19.9. The third-order valence-electron chi connectivity index (χ3n) is 4.91. The molecule has 0 aliphatic carbocycles. The first-order valence-electron chi connectivity index (χ1n) is 9.48. The van der Waals surface area contributed by atoms with Crippen molar-refractivity contribution in [2.24, 2.45) is 0 Å². The van der Waals surface area contributed by atoms with Crippen molar-refractivity contribution in [1.29, 1.82) is 0 Å². The molecule has 1 N–H and O–H groups in total. The summed E-state index contributed by atoms with van der Waals surface area (Å²) >= 11 is 0. The van der Waals surface area contributed by atoms with E-state index < -0.39 is 0 Å². The number of hydrogen-bond acceptors (Lipinski definition) is 6. The third-order valence-corrected chi connectivity index (χ3v) is 4.91. The summed E-state index contributed by atoms with van der Waals surface area (Å²) in [5, 5.41) is 2.92. The number of benzene rings is 1. The van der Waals surface area contributed by atoms with Gasteiger partial charge in [-0.15, -0.1) is 0 Å². The maximum absolute atomic E-state index is 12.3.